The van der Waals surface area contributed by atoms with Crippen LogP contribution in [0.5, 0.6) is 0 Å². The first-order valence-corrected chi connectivity index (χ1v) is 8.88. The number of hydrogen-bond donors (Lipinski definition) is 3. The van der Waals surface area contributed by atoms with Crippen LogP contribution in [0.4, 0.5) is 5.69 Å². The van der Waals surface area contributed by atoms with Crippen LogP contribution in [0.2, 0.25) is 0 Å². The van der Waals surface area contributed by atoms with Gasteiger partial charge in [0.1, 0.15) is 0 Å². The lowest BCUT2D eigenvalue weighted by Crippen LogP contribution is -2.41. The van der Waals surface area contributed by atoms with Crippen LogP contribution in [-0.2, 0) is 14.1 Å². The molecule has 26 heavy (non-hydrogen) atoms. The molecule has 140 valence electrons. The van der Waals surface area contributed by atoms with Crippen LogP contribution in [0.3, 0.4) is 0 Å². The van der Waals surface area contributed by atoms with Crippen molar-refractivity contribution in [3.05, 3.63) is 35.3 Å². The summed E-state index contributed by atoms with van der Waals surface area (Å²) in [5.41, 5.74) is 7.15. The number of carbonyl (C=O) groups excluding carboxylic acids is 1. The van der Waals surface area contributed by atoms with Gasteiger partial charge in [-0.3, -0.25) is 4.79 Å². The number of nitrogens with two attached hydrogens (primary N) is 1. The summed E-state index contributed by atoms with van der Waals surface area (Å²) in [5, 5.41) is 5.94. The van der Waals surface area contributed by atoms with Crippen molar-refractivity contribution in [3.63, 3.8) is 0 Å². The number of anilines is 1. The molecule has 1 saturated heterocycles. The molecule has 1 aliphatic heterocycles. The maximum absolute atomic E-state index is 11.4. The Morgan fingerprint density at radius 2 is 1.88 bits per heavy atom. The molecule has 0 saturated carbocycles. The molecule has 8 heteroatoms. The fourth-order valence-corrected chi connectivity index (χ4v) is 2.60. The van der Waals surface area contributed by atoms with E-state index < -0.39 is 18.3 Å². The quantitative estimate of drug-likeness (QED) is 0.542. The second-order valence-corrected chi connectivity index (χ2v) is 7.77. The molecule has 0 spiro atoms. The number of hydrogen-bond acceptors (Lipinski definition) is 4. The lowest BCUT2D eigenvalue weighted by Gasteiger charge is -2.32. The minimum absolute atomic E-state index is 0.115. The highest BCUT2D eigenvalue weighted by atomic mass is 32.1. The van der Waals surface area contributed by atoms with Gasteiger partial charge in [-0.15, -0.1) is 0 Å². The van der Waals surface area contributed by atoms with Gasteiger partial charge in [0.2, 0.25) is 5.91 Å². The first-order valence-electron chi connectivity index (χ1n) is 8.47. The molecule has 4 N–H and O–H groups in total. The van der Waals surface area contributed by atoms with Gasteiger partial charge in [-0.25, -0.2) is 0 Å². The monoisotopic (exact) mass is 375 g/mol. The molecule has 0 aromatic heterocycles. The molecular formula is C18H26BN3O3S. The lowest BCUT2D eigenvalue weighted by molar-refractivity contribution is -0.118. The number of amides is 1. The number of benzene rings is 1. The Balaban J connectivity index is 2.31. The van der Waals surface area contributed by atoms with E-state index in [9.17, 15) is 4.79 Å². The molecule has 2 rings (SSSR count). The van der Waals surface area contributed by atoms with Gasteiger partial charge in [-0.05, 0) is 63.1 Å². The molecule has 0 bridgehead atoms. The van der Waals surface area contributed by atoms with E-state index in [1.807, 2.05) is 58.0 Å². The maximum Gasteiger partial charge on any atom is 0.492 e. The first-order chi connectivity index (χ1) is 12.0. The lowest BCUT2D eigenvalue weighted by atomic mass is 9.77. The SMILES string of the molecule is CC(=O)NCC(=Cc1cccc(NC(N)=S)c1)B1OC(C)(C)C(C)(C)O1. The summed E-state index contributed by atoms with van der Waals surface area (Å²) < 4.78 is 12.3. The molecular weight excluding hydrogens is 349 g/mol. The van der Waals surface area contributed by atoms with Gasteiger partial charge in [0.15, 0.2) is 5.11 Å². The van der Waals surface area contributed by atoms with Crippen LogP contribution in [0.15, 0.2) is 29.7 Å². The second-order valence-electron chi connectivity index (χ2n) is 7.33. The highest BCUT2D eigenvalue weighted by molar-refractivity contribution is 7.80. The zero-order valence-corrected chi connectivity index (χ0v) is 16.7. The highest BCUT2D eigenvalue weighted by Gasteiger charge is 2.52. The van der Waals surface area contributed by atoms with Gasteiger partial charge in [-0.2, -0.15) is 0 Å². The van der Waals surface area contributed by atoms with Gasteiger partial charge >= 0.3 is 7.12 Å². The minimum Gasteiger partial charge on any atom is -0.400 e. The highest BCUT2D eigenvalue weighted by Crippen LogP contribution is 2.38. The molecule has 1 fully saturated rings. The van der Waals surface area contributed by atoms with Gasteiger partial charge in [-0.1, -0.05) is 18.2 Å². The minimum atomic E-state index is -0.543. The maximum atomic E-state index is 11.4. The summed E-state index contributed by atoms with van der Waals surface area (Å²) in [4.78, 5) is 11.4. The van der Waals surface area contributed by atoms with E-state index in [1.54, 1.807) is 0 Å². The summed E-state index contributed by atoms with van der Waals surface area (Å²) in [7, 11) is -0.543. The Morgan fingerprint density at radius 3 is 2.42 bits per heavy atom. The third kappa shape index (κ3) is 5.06. The van der Waals surface area contributed by atoms with Crippen LogP contribution in [0.25, 0.3) is 6.08 Å². The van der Waals surface area contributed by atoms with E-state index in [4.69, 9.17) is 27.3 Å². The van der Waals surface area contributed by atoms with E-state index in [1.165, 1.54) is 6.92 Å². The number of nitrogens with one attached hydrogen (secondary N) is 2. The number of rotatable bonds is 5. The van der Waals surface area contributed by atoms with Crippen LogP contribution in [-0.4, -0.2) is 35.9 Å². The molecule has 0 atom stereocenters. The summed E-state index contributed by atoms with van der Waals surface area (Å²) in [5.74, 6) is -0.115. The van der Waals surface area contributed by atoms with Gasteiger partial charge in [0.05, 0.1) is 11.2 Å². The summed E-state index contributed by atoms with van der Waals surface area (Å²) in [6.45, 7) is 9.80. The van der Waals surface area contributed by atoms with E-state index in [-0.39, 0.29) is 11.0 Å². The normalized spacial score (nSPS) is 18.5. The van der Waals surface area contributed by atoms with Crippen LogP contribution < -0.4 is 16.4 Å². The smallest absolute Gasteiger partial charge is 0.400 e. The van der Waals surface area contributed by atoms with Crippen molar-refractivity contribution in [3.8, 4) is 0 Å². The molecule has 0 unspecified atom stereocenters. The van der Waals surface area contributed by atoms with Crippen molar-refractivity contribution in [1.82, 2.24) is 5.32 Å². The van der Waals surface area contributed by atoms with E-state index in [2.05, 4.69) is 10.6 Å². The topological polar surface area (TPSA) is 85.6 Å². The number of carbonyl (C=O) groups is 1. The Bertz CT molecular complexity index is 718. The Morgan fingerprint density at radius 1 is 1.27 bits per heavy atom. The molecule has 0 radical (unpaired) electrons. The van der Waals surface area contributed by atoms with E-state index in [0.717, 1.165) is 16.7 Å². The van der Waals surface area contributed by atoms with Gasteiger partial charge in [0, 0.05) is 19.2 Å². The fraction of sp³-hybridized carbons (Fsp3) is 0.444. The summed E-state index contributed by atoms with van der Waals surface area (Å²) >= 11 is 4.88. The fourth-order valence-electron chi connectivity index (χ4n) is 2.49. The van der Waals surface area contributed by atoms with E-state index in [0.29, 0.717) is 6.54 Å². The van der Waals surface area contributed by atoms with Gasteiger partial charge in [0.25, 0.3) is 0 Å². The molecule has 1 aliphatic rings. The number of thiocarbonyl (C=S) groups is 1. The predicted molar refractivity (Wildman–Crippen MR) is 110 cm³/mol. The summed E-state index contributed by atoms with van der Waals surface area (Å²) in [6.07, 6.45) is 1.95. The van der Waals surface area contributed by atoms with Crippen molar-refractivity contribution < 1.29 is 14.1 Å². The third-order valence-electron chi connectivity index (χ3n) is 4.60. The molecule has 1 aromatic carbocycles. The Kier molecular flexibility index (Phi) is 6.11. The van der Waals surface area contributed by atoms with Crippen molar-refractivity contribution in [2.75, 3.05) is 11.9 Å². The summed E-state index contributed by atoms with van der Waals surface area (Å²) in [6, 6.07) is 7.63. The van der Waals surface area contributed by atoms with Crippen molar-refractivity contribution >= 4 is 42.1 Å². The molecule has 1 heterocycles. The van der Waals surface area contributed by atoms with Crippen LogP contribution in [0.1, 0.15) is 40.2 Å². The second kappa shape index (κ2) is 7.78. The molecule has 1 amide bonds. The largest absolute Gasteiger partial charge is 0.492 e. The molecule has 1 aromatic rings. The van der Waals surface area contributed by atoms with Crippen molar-refractivity contribution in [1.29, 1.82) is 0 Å². The average molecular weight is 375 g/mol. The zero-order chi connectivity index (χ0) is 19.5. The molecule has 0 aliphatic carbocycles. The molecule has 6 nitrogen and oxygen atoms in total. The van der Waals surface area contributed by atoms with Crippen LogP contribution >= 0.6 is 12.2 Å². The Hall–Kier alpha value is -1.90. The van der Waals surface area contributed by atoms with Crippen molar-refractivity contribution in [2.45, 2.75) is 45.8 Å². The Labute approximate surface area is 160 Å². The standard InChI is InChI=1S/C18H26BN3O3S/c1-12(23)21-11-14(19-24-17(2,3)18(4,5)25-19)9-13-7-6-8-15(10-13)22-16(20)26/h6-10H,11H2,1-5H3,(H,21,23)(H3,20,22,26). The zero-order valence-electron chi connectivity index (χ0n) is 15.9. The van der Waals surface area contributed by atoms with E-state index >= 15 is 0 Å². The van der Waals surface area contributed by atoms with Gasteiger partial charge < -0.3 is 25.7 Å². The predicted octanol–water partition coefficient (Wildman–Crippen LogP) is 2.49. The van der Waals surface area contributed by atoms with Crippen molar-refractivity contribution in [2.24, 2.45) is 5.73 Å². The first kappa shape index (κ1) is 20.4. The third-order valence-corrected chi connectivity index (χ3v) is 4.71. The van der Waals surface area contributed by atoms with Crippen LogP contribution in [0, 0.1) is 0 Å². The average Bonchev–Trinajstić information content (AvgIpc) is 2.71.